The first-order chi connectivity index (χ1) is 14.3. The second-order valence-electron chi connectivity index (χ2n) is 6.78. The van der Waals surface area contributed by atoms with Gasteiger partial charge in [-0.05, 0) is 34.9 Å². The van der Waals surface area contributed by atoms with Gasteiger partial charge in [0.2, 0.25) is 5.16 Å². The van der Waals surface area contributed by atoms with E-state index in [1.807, 2.05) is 36.4 Å². The summed E-state index contributed by atoms with van der Waals surface area (Å²) in [6.07, 6.45) is 2.26. The number of ether oxygens (including phenoxy) is 1. The number of aromatic nitrogens is 6. The number of hydrogen-bond acceptors (Lipinski definition) is 8. The van der Waals surface area contributed by atoms with Gasteiger partial charge in [-0.3, -0.25) is 4.79 Å². The Hall–Kier alpha value is -2.56. The van der Waals surface area contributed by atoms with Crippen molar-refractivity contribution in [3.05, 3.63) is 52.6 Å². The highest BCUT2D eigenvalue weighted by Gasteiger charge is 2.19. The molecule has 1 fully saturated rings. The van der Waals surface area contributed by atoms with Gasteiger partial charge in [-0.25, -0.2) is 9.67 Å². The van der Waals surface area contributed by atoms with Crippen molar-refractivity contribution in [1.82, 2.24) is 30.2 Å². The van der Waals surface area contributed by atoms with E-state index >= 15 is 0 Å². The van der Waals surface area contributed by atoms with Crippen LogP contribution in [0, 0.1) is 0 Å². The SMILES string of the molecule is O=c1[nH]c(CSc2nnnn2CC2CCCO2)nc2sc(-c3ccccc3)cc12. The molecule has 0 saturated carbocycles. The molecule has 4 aromatic rings. The maximum atomic E-state index is 12.5. The third kappa shape index (κ3) is 3.96. The average Bonchev–Trinajstić information content (AvgIpc) is 3.49. The zero-order valence-electron chi connectivity index (χ0n) is 15.4. The molecule has 1 aliphatic rings. The van der Waals surface area contributed by atoms with Gasteiger partial charge in [0.15, 0.2) is 0 Å². The highest BCUT2D eigenvalue weighted by Crippen LogP contribution is 2.31. The third-order valence-electron chi connectivity index (χ3n) is 4.75. The van der Waals surface area contributed by atoms with Crippen molar-refractivity contribution in [2.24, 2.45) is 0 Å². The van der Waals surface area contributed by atoms with Crippen LogP contribution in [0.4, 0.5) is 0 Å². The Bertz CT molecular complexity index is 1180. The van der Waals surface area contributed by atoms with Crippen molar-refractivity contribution in [2.45, 2.75) is 36.4 Å². The van der Waals surface area contributed by atoms with Crippen LogP contribution >= 0.6 is 23.1 Å². The fourth-order valence-electron chi connectivity index (χ4n) is 3.32. The molecule has 8 nitrogen and oxygen atoms in total. The van der Waals surface area contributed by atoms with E-state index < -0.39 is 0 Å². The summed E-state index contributed by atoms with van der Waals surface area (Å²) in [6.45, 7) is 1.44. The normalized spacial score (nSPS) is 16.6. The van der Waals surface area contributed by atoms with E-state index in [1.165, 1.54) is 23.1 Å². The number of nitrogens with zero attached hydrogens (tertiary/aromatic N) is 5. The molecule has 1 aromatic carbocycles. The van der Waals surface area contributed by atoms with E-state index in [1.54, 1.807) is 4.68 Å². The van der Waals surface area contributed by atoms with Gasteiger partial charge in [0.05, 0.1) is 23.8 Å². The molecule has 4 heterocycles. The zero-order valence-corrected chi connectivity index (χ0v) is 17.1. The number of hydrogen-bond donors (Lipinski definition) is 1. The standard InChI is InChI=1S/C19H18N6O2S2/c26-17-14-9-15(12-5-2-1-3-6-12)29-18(14)21-16(20-17)11-28-19-22-23-24-25(19)10-13-7-4-8-27-13/h1-3,5-6,9,13H,4,7-8,10-11H2,(H,20,21,26). The van der Waals surface area contributed by atoms with E-state index in [0.717, 1.165) is 34.7 Å². The molecule has 0 spiro atoms. The fraction of sp³-hybridized carbons (Fsp3) is 0.316. The number of tetrazole rings is 1. The summed E-state index contributed by atoms with van der Waals surface area (Å²) >= 11 is 2.98. The molecule has 0 bridgehead atoms. The first-order valence-electron chi connectivity index (χ1n) is 9.35. The van der Waals surface area contributed by atoms with Crippen molar-refractivity contribution in [2.75, 3.05) is 6.61 Å². The molecular formula is C19H18N6O2S2. The van der Waals surface area contributed by atoms with E-state index in [2.05, 4.69) is 25.5 Å². The zero-order chi connectivity index (χ0) is 19.6. The van der Waals surface area contributed by atoms with Gasteiger partial charge in [0, 0.05) is 11.5 Å². The maximum absolute atomic E-state index is 12.5. The van der Waals surface area contributed by atoms with E-state index in [-0.39, 0.29) is 11.7 Å². The van der Waals surface area contributed by atoms with Crippen LogP contribution in [0.25, 0.3) is 20.7 Å². The predicted octanol–water partition coefficient (Wildman–Crippen LogP) is 3.11. The number of nitrogens with one attached hydrogen (secondary N) is 1. The topological polar surface area (TPSA) is 98.6 Å². The number of benzene rings is 1. The molecule has 148 valence electrons. The van der Waals surface area contributed by atoms with E-state index in [0.29, 0.717) is 28.7 Å². The number of aromatic amines is 1. The molecule has 1 aliphatic heterocycles. The lowest BCUT2D eigenvalue weighted by atomic mass is 10.2. The highest BCUT2D eigenvalue weighted by atomic mass is 32.2. The summed E-state index contributed by atoms with van der Waals surface area (Å²) in [7, 11) is 0. The Morgan fingerprint density at radius 2 is 2.21 bits per heavy atom. The molecule has 0 radical (unpaired) electrons. The van der Waals surface area contributed by atoms with Crippen LogP contribution in [-0.2, 0) is 17.0 Å². The van der Waals surface area contributed by atoms with Crippen molar-refractivity contribution in [3.8, 4) is 10.4 Å². The lowest BCUT2D eigenvalue weighted by molar-refractivity contribution is 0.0912. The highest BCUT2D eigenvalue weighted by molar-refractivity contribution is 7.98. The first kappa shape index (κ1) is 18.5. The second-order valence-corrected chi connectivity index (χ2v) is 8.75. The van der Waals surface area contributed by atoms with Crippen molar-refractivity contribution < 1.29 is 4.74 Å². The van der Waals surface area contributed by atoms with Crippen LogP contribution in [-0.4, -0.2) is 42.9 Å². The molecule has 10 heteroatoms. The first-order valence-corrected chi connectivity index (χ1v) is 11.2. The molecule has 5 rings (SSSR count). The van der Waals surface area contributed by atoms with Gasteiger partial charge in [-0.15, -0.1) is 16.4 Å². The number of thioether (sulfide) groups is 1. The van der Waals surface area contributed by atoms with E-state index in [4.69, 9.17) is 4.74 Å². The van der Waals surface area contributed by atoms with Crippen LogP contribution in [0.5, 0.6) is 0 Å². The van der Waals surface area contributed by atoms with Crippen molar-refractivity contribution >= 4 is 33.3 Å². The summed E-state index contributed by atoms with van der Waals surface area (Å²) in [4.78, 5) is 21.9. The van der Waals surface area contributed by atoms with Crippen LogP contribution in [0.2, 0.25) is 0 Å². The molecule has 3 aromatic heterocycles. The molecule has 0 aliphatic carbocycles. The Labute approximate surface area is 174 Å². The number of fused-ring (bicyclic) bond motifs is 1. The predicted molar refractivity (Wildman–Crippen MR) is 112 cm³/mol. The maximum Gasteiger partial charge on any atom is 0.259 e. The second kappa shape index (κ2) is 8.05. The summed E-state index contributed by atoms with van der Waals surface area (Å²) in [5.74, 6) is 1.09. The molecule has 29 heavy (non-hydrogen) atoms. The van der Waals surface area contributed by atoms with Crippen molar-refractivity contribution in [3.63, 3.8) is 0 Å². The molecule has 1 N–H and O–H groups in total. The summed E-state index contributed by atoms with van der Waals surface area (Å²) < 4.78 is 7.42. The van der Waals surface area contributed by atoms with Gasteiger partial charge in [-0.2, -0.15) is 0 Å². The minimum absolute atomic E-state index is 0.122. The van der Waals surface area contributed by atoms with Gasteiger partial charge < -0.3 is 9.72 Å². The Kier molecular flexibility index (Phi) is 5.13. The van der Waals surface area contributed by atoms with Gasteiger partial charge in [0.25, 0.3) is 5.56 Å². The van der Waals surface area contributed by atoms with Gasteiger partial charge in [-0.1, -0.05) is 42.1 Å². The monoisotopic (exact) mass is 426 g/mol. The van der Waals surface area contributed by atoms with Crippen LogP contribution in [0.3, 0.4) is 0 Å². The minimum Gasteiger partial charge on any atom is -0.376 e. The number of thiophene rings is 1. The summed E-state index contributed by atoms with van der Waals surface area (Å²) in [5.41, 5.74) is 0.960. The van der Waals surface area contributed by atoms with Crippen LogP contribution in [0.1, 0.15) is 18.7 Å². The lowest BCUT2D eigenvalue weighted by Gasteiger charge is -2.09. The number of H-pyrrole nitrogens is 1. The molecule has 1 unspecified atom stereocenters. The molecule has 0 amide bonds. The Morgan fingerprint density at radius 1 is 1.31 bits per heavy atom. The lowest BCUT2D eigenvalue weighted by Crippen LogP contribution is -2.17. The minimum atomic E-state index is -0.122. The molecule has 1 saturated heterocycles. The largest absolute Gasteiger partial charge is 0.376 e. The summed E-state index contributed by atoms with van der Waals surface area (Å²) in [5, 5.41) is 13.2. The van der Waals surface area contributed by atoms with E-state index in [9.17, 15) is 4.79 Å². The molecule has 1 atom stereocenters. The smallest absolute Gasteiger partial charge is 0.259 e. The van der Waals surface area contributed by atoms with Crippen LogP contribution in [0.15, 0.2) is 46.3 Å². The average molecular weight is 427 g/mol. The summed E-state index contributed by atoms with van der Waals surface area (Å²) in [6, 6.07) is 11.9. The van der Waals surface area contributed by atoms with Gasteiger partial charge in [0.1, 0.15) is 10.7 Å². The molecular weight excluding hydrogens is 408 g/mol. The van der Waals surface area contributed by atoms with Crippen molar-refractivity contribution in [1.29, 1.82) is 0 Å². The number of rotatable bonds is 6. The fourth-order valence-corrected chi connectivity index (χ4v) is 5.13. The van der Waals surface area contributed by atoms with Gasteiger partial charge >= 0.3 is 0 Å². The Morgan fingerprint density at radius 3 is 3.03 bits per heavy atom. The third-order valence-corrected chi connectivity index (χ3v) is 6.79. The van der Waals surface area contributed by atoms with Crippen LogP contribution < -0.4 is 5.56 Å². The Balaban J connectivity index is 1.35. The quantitative estimate of drug-likeness (QED) is 0.473.